The summed E-state index contributed by atoms with van der Waals surface area (Å²) in [6, 6.07) is 15.9. The SMILES string of the molecule is O=C(CCCOc1ccc2c(c1)CCC(=O)N2)Nc1ccc(=O)n(Cc2ccccc2Cl)c1. The fourth-order valence-electron chi connectivity index (χ4n) is 3.63. The van der Waals surface area contributed by atoms with Crippen LogP contribution in [0.2, 0.25) is 5.02 Å². The number of nitrogens with zero attached hydrogens (tertiary/aromatic N) is 1. The van der Waals surface area contributed by atoms with Crippen molar-refractivity contribution in [3.8, 4) is 5.75 Å². The van der Waals surface area contributed by atoms with E-state index in [1.807, 2.05) is 36.4 Å². The molecule has 8 heteroatoms. The van der Waals surface area contributed by atoms with Crippen LogP contribution in [0.25, 0.3) is 0 Å². The first-order valence-corrected chi connectivity index (χ1v) is 11.1. The van der Waals surface area contributed by atoms with Gasteiger partial charge in [-0.2, -0.15) is 0 Å². The Labute approximate surface area is 196 Å². The summed E-state index contributed by atoms with van der Waals surface area (Å²) in [6.45, 7) is 0.713. The van der Waals surface area contributed by atoms with Crippen LogP contribution in [-0.2, 0) is 22.6 Å². The molecule has 0 bridgehead atoms. The van der Waals surface area contributed by atoms with E-state index < -0.39 is 0 Å². The van der Waals surface area contributed by atoms with E-state index in [4.69, 9.17) is 16.3 Å². The molecule has 0 unspecified atom stereocenters. The van der Waals surface area contributed by atoms with Gasteiger partial charge >= 0.3 is 0 Å². The largest absolute Gasteiger partial charge is 0.494 e. The highest BCUT2D eigenvalue weighted by atomic mass is 35.5. The van der Waals surface area contributed by atoms with Crippen molar-refractivity contribution in [1.82, 2.24) is 4.57 Å². The zero-order valence-corrected chi connectivity index (χ0v) is 18.7. The third-order valence-electron chi connectivity index (χ3n) is 5.35. The van der Waals surface area contributed by atoms with Gasteiger partial charge in [0.15, 0.2) is 0 Å². The van der Waals surface area contributed by atoms with Crippen LogP contribution in [-0.4, -0.2) is 23.0 Å². The number of anilines is 2. The Bertz CT molecular complexity index is 1240. The second-order valence-corrected chi connectivity index (χ2v) is 8.25. The molecule has 170 valence electrons. The molecule has 0 saturated heterocycles. The Morgan fingerprint density at radius 1 is 1.09 bits per heavy atom. The van der Waals surface area contributed by atoms with Crippen LogP contribution < -0.4 is 20.9 Å². The van der Waals surface area contributed by atoms with Gasteiger partial charge in [-0.05, 0) is 54.3 Å². The predicted molar refractivity (Wildman–Crippen MR) is 128 cm³/mol. The molecule has 3 aromatic rings. The maximum absolute atomic E-state index is 12.3. The van der Waals surface area contributed by atoms with Gasteiger partial charge in [-0.25, -0.2) is 0 Å². The van der Waals surface area contributed by atoms with Gasteiger partial charge in [0.2, 0.25) is 11.8 Å². The van der Waals surface area contributed by atoms with E-state index in [0.29, 0.717) is 43.1 Å². The van der Waals surface area contributed by atoms with Crippen LogP contribution in [0.15, 0.2) is 65.6 Å². The van der Waals surface area contributed by atoms with Crippen molar-refractivity contribution in [2.24, 2.45) is 0 Å². The van der Waals surface area contributed by atoms with E-state index in [1.54, 1.807) is 18.3 Å². The van der Waals surface area contributed by atoms with Crippen molar-refractivity contribution in [3.05, 3.63) is 87.3 Å². The number of amides is 2. The number of hydrogen-bond acceptors (Lipinski definition) is 4. The maximum Gasteiger partial charge on any atom is 0.250 e. The number of benzene rings is 2. The van der Waals surface area contributed by atoms with Crippen LogP contribution in [0, 0.1) is 0 Å². The molecule has 2 heterocycles. The first-order valence-electron chi connectivity index (χ1n) is 10.8. The first-order chi connectivity index (χ1) is 16.0. The molecular weight excluding hydrogens is 442 g/mol. The second kappa shape index (κ2) is 10.4. The number of aromatic nitrogens is 1. The van der Waals surface area contributed by atoms with Gasteiger partial charge in [-0.15, -0.1) is 0 Å². The molecule has 0 saturated carbocycles. The summed E-state index contributed by atoms with van der Waals surface area (Å²) in [4.78, 5) is 36.0. The van der Waals surface area contributed by atoms with Crippen LogP contribution in [0.5, 0.6) is 5.75 Å². The quantitative estimate of drug-likeness (QED) is 0.487. The maximum atomic E-state index is 12.3. The Morgan fingerprint density at radius 2 is 1.94 bits per heavy atom. The fraction of sp³-hybridized carbons (Fsp3) is 0.240. The van der Waals surface area contributed by atoms with Crippen molar-refractivity contribution in [1.29, 1.82) is 0 Å². The van der Waals surface area contributed by atoms with Crippen molar-refractivity contribution in [2.75, 3.05) is 17.2 Å². The Hall–Kier alpha value is -3.58. The van der Waals surface area contributed by atoms with Gasteiger partial charge < -0.3 is 19.9 Å². The number of aryl methyl sites for hydroxylation is 1. The number of halogens is 1. The second-order valence-electron chi connectivity index (χ2n) is 7.84. The van der Waals surface area contributed by atoms with Gasteiger partial charge in [0.1, 0.15) is 5.75 Å². The van der Waals surface area contributed by atoms with Crippen LogP contribution >= 0.6 is 11.6 Å². The number of fused-ring (bicyclic) bond motifs is 1. The Kier molecular flexibility index (Phi) is 7.10. The standard InChI is InChI=1S/C25H24ClN3O4/c26-21-5-2-1-4-18(21)15-29-16-19(8-12-25(29)32)27-23(30)6-3-13-33-20-9-10-22-17(14-20)7-11-24(31)28-22/h1-2,4-5,8-10,12,14,16H,3,6-7,11,13,15H2,(H,27,30)(H,28,31). The molecule has 1 aliphatic heterocycles. The molecule has 0 fully saturated rings. The van der Waals surface area contributed by atoms with Crippen LogP contribution in [0.1, 0.15) is 30.4 Å². The number of carbonyl (C=O) groups is 2. The number of rotatable bonds is 8. The molecule has 0 spiro atoms. The van der Waals surface area contributed by atoms with E-state index in [9.17, 15) is 14.4 Å². The normalized spacial score (nSPS) is 12.6. The number of carbonyl (C=O) groups excluding carboxylic acids is 2. The summed E-state index contributed by atoms with van der Waals surface area (Å²) in [5.41, 5.74) is 3.08. The van der Waals surface area contributed by atoms with E-state index in [0.717, 1.165) is 22.6 Å². The lowest BCUT2D eigenvalue weighted by molar-refractivity contribution is -0.117. The van der Waals surface area contributed by atoms with Crippen molar-refractivity contribution in [3.63, 3.8) is 0 Å². The highest BCUT2D eigenvalue weighted by Gasteiger charge is 2.15. The summed E-state index contributed by atoms with van der Waals surface area (Å²) in [7, 11) is 0. The average Bonchev–Trinajstić information content (AvgIpc) is 2.80. The van der Waals surface area contributed by atoms with Gasteiger partial charge in [-0.1, -0.05) is 29.8 Å². The molecule has 1 aromatic heterocycles. The Morgan fingerprint density at radius 3 is 2.79 bits per heavy atom. The smallest absolute Gasteiger partial charge is 0.250 e. The number of hydrogen-bond donors (Lipinski definition) is 2. The highest BCUT2D eigenvalue weighted by Crippen LogP contribution is 2.27. The zero-order chi connectivity index (χ0) is 23.2. The molecule has 0 radical (unpaired) electrons. The first kappa shape index (κ1) is 22.6. The summed E-state index contributed by atoms with van der Waals surface area (Å²) < 4.78 is 7.27. The Balaban J connectivity index is 1.27. The highest BCUT2D eigenvalue weighted by molar-refractivity contribution is 6.31. The molecular formula is C25H24ClN3O4. The molecule has 4 rings (SSSR count). The molecule has 1 aliphatic rings. The van der Waals surface area contributed by atoms with Crippen molar-refractivity contribution in [2.45, 2.75) is 32.2 Å². The molecule has 33 heavy (non-hydrogen) atoms. The topological polar surface area (TPSA) is 89.4 Å². The third kappa shape index (κ3) is 6.02. The lowest BCUT2D eigenvalue weighted by Gasteiger charge is -2.17. The minimum Gasteiger partial charge on any atom is -0.494 e. The van der Waals surface area contributed by atoms with E-state index in [1.165, 1.54) is 10.6 Å². The van der Waals surface area contributed by atoms with Gasteiger partial charge in [0.05, 0.1) is 18.8 Å². The minimum absolute atomic E-state index is 0.0291. The van der Waals surface area contributed by atoms with Crippen molar-refractivity contribution >= 4 is 34.8 Å². The summed E-state index contributed by atoms with van der Waals surface area (Å²) in [5.74, 6) is 0.591. The molecule has 7 nitrogen and oxygen atoms in total. The lowest BCUT2D eigenvalue weighted by Crippen LogP contribution is -2.21. The van der Waals surface area contributed by atoms with E-state index in [-0.39, 0.29) is 23.8 Å². The van der Waals surface area contributed by atoms with Gasteiger partial charge in [0, 0.05) is 35.8 Å². The zero-order valence-electron chi connectivity index (χ0n) is 18.0. The average molecular weight is 466 g/mol. The third-order valence-corrected chi connectivity index (χ3v) is 5.72. The molecule has 0 atom stereocenters. The van der Waals surface area contributed by atoms with Gasteiger partial charge in [-0.3, -0.25) is 14.4 Å². The lowest BCUT2D eigenvalue weighted by atomic mass is 10.0. The molecule has 2 amide bonds. The van der Waals surface area contributed by atoms with Gasteiger partial charge in [0.25, 0.3) is 5.56 Å². The number of ether oxygens (including phenoxy) is 1. The van der Waals surface area contributed by atoms with Crippen LogP contribution in [0.4, 0.5) is 11.4 Å². The van der Waals surface area contributed by atoms with Crippen molar-refractivity contribution < 1.29 is 14.3 Å². The fourth-order valence-corrected chi connectivity index (χ4v) is 3.83. The predicted octanol–water partition coefficient (Wildman–Crippen LogP) is 4.23. The van der Waals surface area contributed by atoms with E-state index in [2.05, 4.69) is 10.6 Å². The molecule has 2 aromatic carbocycles. The number of pyridine rings is 1. The minimum atomic E-state index is -0.175. The molecule has 2 N–H and O–H groups in total. The summed E-state index contributed by atoms with van der Waals surface area (Å²) >= 11 is 6.19. The molecule has 0 aliphatic carbocycles. The monoisotopic (exact) mass is 465 g/mol. The number of nitrogens with one attached hydrogen (secondary N) is 2. The summed E-state index contributed by atoms with van der Waals surface area (Å²) in [5, 5.41) is 6.25. The summed E-state index contributed by atoms with van der Waals surface area (Å²) in [6.07, 6.45) is 3.61. The van der Waals surface area contributed by atoms with E-state index >= 15 is 0 Å². The van der Waals surface area contributed by atoms with Crippen LogP contribution in [0.3, 0.4) is 0 Å².